The summed E-state index contributed by atoms with van der Waals surface area (Å²) in [6.07, 6.45) is 7.57. The molecule has 1 unspecified atom stereocenters. The summed E-state index contributed by atoms with van der Waals surface area (Å²) < 4.78 is 0.890. The first kappa shape index (κ1) is 19.0. The van der Waals surface area contributed by atoms with Gasteiger partial charge in [0.15, 0.2) is 0 Å². The van der Waals surface area contributed by atoms with E-state index in [1.165, 1.54) is 19.3 Å². The molecule has 4 nitrogen and oxygen atoms in total. The van der Waals surface area contributed by atoms with Crippen molar-refractivity contribution in [1.29, 1.82) is 0 Å². The Balaban J connectivity index is 1.63. The van der Waals surface area contributed by atoms with Crippen molar-refractivity contribution in [3.63, 3.8) is 0 Å². The lowest BCUT2D eigenvalue weighted by atomic mass is 9.93. The Hall–Kier alpha value is -0.820. The van der Waals surface area contributed by atoms with Crippen molar-refractivity contribution in [2.45, 2.75) is 51.0 Å². The second-order valence-electron chi connectivity index (χ2n) is 7.06. The molecule has 6 heteroatoms. The van der Waals surface area contributed by atoms with E-state index < -0.39 is 0 Å². The predicted octanol–water partition coefficient (Wildman–Crippen LogP) is 4.25. The zero-order valence-corrected chi connectivity index (χ0v) is 17.2. The van der Waals surface area contributed by atoms with Gasteiger partial charge in [-0.3, -0.25) is 9.59 Å². The number of carbonyl (C=O) groups is 2. The van der Waals surface area contributed by atoms with Crippen LogP contribution in [0.2, 0.25) is 5.02 Å². The highest BCUT2D eigenvalue weighted by Gasteiger charge is 2.30. The fourth-order valence-corrected chi connectivity index (χ4v) is 4.51. The molecule has 1 saturated heterocycles. The van der Waals surface area contributed by atoms with Crippen LogP contribution in [0.3, 0.4) is 0 Å². The minimum Gasteiger partial charge on any atom is -0.353 e. The topological polar surface area (TPSA) is 49.4 Å². The van der Waals surface area contributed by atoms with E-state index in [9.17, 15) is 9.59 Å². The van der Waals surface area contributed by atoms with E-state index in [-0.39, 0.29) is 17.7 Å². The van der Waals surface area contributed by atoms with E-state index in [0.717, 1.165) is 29.3 Å². The van der Waals surface area contributed by atoms with Gasteiger partial charge in [-0.1, -0.05) is 30.9 Å². The van der Waals surface area contributed by atoms with Gasteiger partial charge in [-0.2, -0.15) is 0 Å². The zero-order chi connectivity index (χ0) is 17.8. The van der Waals surface area contributed by atoms with E-state index in [1.807, 2.05) is 11.0 Å². The van der Waals surface area contributed by atoms with Gasteiger partial charge in [-0.15, -0.1) is 0 Å². The van der Waals surface area contributed by atoms with Gasteiger partial charge in [0.1, 0.15) is 0 Å². The third-order valence-electron chi connectivity index (χ3n) is 5.19. The van der Waals surface area contributed by atoms with Crippen LogP contribution in [-0.4, -0.2) is 35.8 Å². The van der Waals surface area contributed by atoms with Crippen LogP contribution in [0, 0.1) is 9.49 Å². The maximum atomic E-state index is 12.9. The summed E-state index contributed by atoms with van der Waals surface area (Å²) >= 11 is 8.21. The number of nitrogens with zero attached hydrogens (tertiary/aromatic N) is 1. The molecular weight excluding hydrogens is 451 g/mol. The first-order chi connectivity index (χ1) is 12.0. The lowest BCUT2D eigenvalue weighted by Gasteiger charge is -2.33. The Morgan fingerprint density at radius 2 is 1.88 bits per heavy atom. The number of hydrogen-bond donors (Lipinski definition) is 1. The highest BCUT2D eigenvalue weighted by Crippen LogP contribution is 2.24. The third-order valence-corrected chi connectivity index (χ3v) is 6.37. The predicted molar refractivity (Wildman–Crippen MR) is 108 cm³/mol. The van der Waals surface area contributed by atoms with E-state index in [0.29, 0.717) is 29.7 Å². The Morgan fingerprint density at radius 3 is 2.64 bits per heavy atom. The molecule has 0 aromatic heterocycles. The molecule has 3 rings (SSSR count). The number of nitrogens with one attached hydrogen (secondary N) is 1. The SMILES string of the molecule is O=C(NC1CCCCC1)C1CCCN(C(=O)c2cc(Cl)ccc2I)C1. The van der Waals surface area contributed by atoms with Crippen molar-refractivity contribution in [2.75, 3.05) is 13.1 Å². The standard InChI is InChI=1S/C19H24ClIN2O2/c20-14-8-9-17(21)16(11-14)19(25)23-10-4-5-13(12-23)18(24)22-15-6-2-1-3-7-15/h8-9,11,13,15H,1-7,10,12H2,(H,22,24). The normalized spacial score (nSPS) is 21.8. The van der Waals surface area contributed by atoms with Crippen LogP contribution in [-0.2, 0) is 4.79 Å². The number of amides is 2. The number of halogens is 2. The monoisotopic (exact) mass is 474 g/mol. The van der Waals surface area contributed by atoms with E-state index in [1.54, 1.807) is 12.1 Å². The van der Waals surface area contributed by atoms with Gasteiger partial charge in [-0.05, 0) is 66.5 Å². The summed E-state index contributed by atoms with van der Waals surface area (Å²) in [4.78, 5) is 27.3. The summed E-state index contributed by atoms with van der Waals surface area (Å²) in [6, 6.07) is 5.68. The van der Waals surface area contributed by atoms with Gasteiger partial charge < -0.3 is 10.2 Å². The first-order valence-corrected chi connectivity index (χ1v) is 10.5. The molecule has 136 valence electrons. The number of hydrogen-bond acceptors (Lipinski definition) is 2. The van der Waals surface area contributed by atoms with Gasteiger partial charge in [-0.25, -0.2) is 0 Å². The van der Waals surface area contributed by atoms with E-state index in [4.69, 9.17) is 11.6 Å². The average Bonchev–Trinajstić information content (AvgIpc) is 2.64. The smallest absolute Gasteiger partial charge is 0.255 e. The number of carbonyl (C=O) groups excluding carboxylic acids is 2. The van der Waals surface area contributed by atoms with E-state index >= 15 is 0 Å². The Bertz CT molecular complexity index is 646. The molecule has 1 atom stereocenters. The summed E-state index contributed by atoms with van der Waals surface area (Å²) in [5.74, 6) is -0.0104. The number of piperidine rings is 1. The molecular formula is C19H24ClIN2O2. The summed E-state index contributed by atoms with van der Waals surface area (Å²) in [6.45, 7) is 1.20. The second-order valence-corrected chi connectivity index (χ2v) is 8.66. The fourth-order valence-electron chi connectivity index (χ4n) is 3.77. The molecule has 1 aromatic carbocycles. The quantitative estimate of drug-likeness (QED) is 0.666. The van der Waals surface area contributed by atoms with Crippen molar-refractivity contribution in [2.24, 2.45) is 5.92 Å². The molecule has 1 N–H and O–H groups in total. The fraction of sp³-hybridized carbons (Fsp3) is 0.579. The summed E-state index contributed by atoms with van der Waals surface area (Å²) in [5, 5.41) is 3.77. The minimum absolute atomic E-state index is 0.0259. The Morgan fingerprint density at radius 1 is 1.12 bits per heavy atom. The van der Waals surface area contributed by atoms with Crippen LogP contribution in [0.15, 0.2) is 18.2 Å². The van der Waals surface area contributed by atoms with Crippen LogP contribution >= 0.6 is 34.2 Å². The van der Waals surface area contributed by atoms with Crippen molar-refractivity contribution in [1.82, 2.24) is 10.2 Å². The Labute approximate surface area is 167 Å². The molecule has 1 aromatic rings. The lowest BCUT2D eigenvalue weighted by Crippen LogP contribution is -2.48. The minimum atomic E-state index is -0.100. The molecule has 2 amide bonds. The van der Waals surface area contributed by atoms with Crippen molar-refractivity contribution in [3.05, 3.63) is 32.4 Å². The van der Waals surface area contributed by atoms with Gasteiger partial charge >= 0.3 is 0 Å². The highest BCUT2D eigenvalue weighted by molar-refractivity contribution is 14.1. The summed E-state index contributed by atoms with van der Waals surface area (Å²) in [7, 11) is 0. The molecule has 2 aliphatic rings. The molecule has 0 radical (unpaired) electrons. The van der Waals surface area contributed by atoms with Crippen LogP contribution in [0.1, 0.15) is 55.3 Å². The molecule has 0 spiro atoms. The van der Waals surface area contributed by atoms with Gasteiger partial charge in [0.05, 0.1) is 11.5 Å². The van der Waals surface area contributed by atoms with Crippen molar-refractivity contribution < 1.29 is 9.59 Å². The van der Waals surface area contributed by atoms with Crippen LogP contribution in [0.4, 0.5) is 0 Å². The third kappa shape index (κ3) is 4.88. The maximum absolute atomic E-state index is 12.9. The van der Waals surface area contributed by atoms with Gasteiger partial charge in [0.25, 0.3) is 5.91 Å². The molecule has 25 heavy (non-hydrogen) atoms. The zero-order valence-electron chi connectivity index (χ0n) is 14.3. The Kier molecular flexibility index (Phi) is 6.61. The number of benzene rings is 1. The molecule has 1 heterocycles. The largest absolute Gasteiger partial charge is 0.353 e. The van der Waals surface area contributed by atoms with Crippen molar-refractivity contribution in [3.8, 4) is 0 Å². The van der Waals surface area contributed by atoms with Crippen LogP contribution in [0.25, 0.3) is 0 Å². The number of rotatable bonds is 3. The van der Waals surface area contributed by atoms with Crippen molar-refractivity contribution >= 4 is 46.0 Å². The summed E-state index contributed by atoms with van der Waals surface area (Å²) in [5.41, 5.74) is 0.626. The number of likely N-dealkylation sites (tertiary alicyclic amines) is 1. The van der Waals surface area contributed by atoms with Gasteiger partial charge in [0, 0.05) is 27.7 Å². The van der Waals surface area contributed by atoms with Crippen LogP contribution in [0.5, 0.6) is 0 Å². The van der Waals surface area contributed by atoms with E-state index in [2.05, 4.69) is 27.9 Å². The molecule has 0 bridgehead atoms. The lowest BCUT2D eigenvalue weighted by molar-refractivity contribution is -0.127. The van der Waals surface area contributed by atoms with Crippen LogP contribution < -0.4 is 5.32 Å². The van der Waals surface area contributed by atoms with Gasteiger partial charge in [0.2, 0.25) is 5.91 Å². The molecule has 1 aliphatic carbocycles. The highest BCUT2D eigenvalue weighted by atomic mass is 127. The average molecular weight is 475 g/mol. The second kappa shape index (κ2) is 8.71. The molecule has 2 fully saturated rings. The first-order valence-electron chi connectivity index (χ1n) is 9.09. The maximum Gasteiger partial charge on any atom is 0.255 e. The molecule has 1 saturated carbocycles. The molecule has 1 aliphatic heterocycles.